The molecular formula is C14H23N3O3S. The molecule has 118 valence electrons. The third kappa shape index (κ3) is 5.81. The molecule has 0 aliphatic heterocycles. The van der Waals surface area contributed by atoms with Crippen molar-refractivity contribution in [1.29, 1.82) is 0 Å². The number of carbonyl (C=O) groups excluding carboxylic acids is 2. The highest BCUT2D eigenvalue weighted by Crippen LogP contribution is 2.20. The zero-order chi connectivity index (χ0) is 15.8. The second-order valence-electron chi connectivity index (χ2n) is 4.81. The SMILES string of the molecule is CCCCN(CC(=O)Nc1nc(C)c(C)s1)C(=O)COC. The summed E-state index contributed by atoms with van der Waals surface area (Å²) in [6.45, 7) is 6.48. The molecule has 7 heteroatoms. The number of methoxy groups -OCH3 is 1. The number of rotatable bonds is 8. The first kappa shape index (κ1) is 17.6. The van der Waals surface area contributed by atoms with Gasteiger partial charge in [-0.05, 0) is 20.3 Å². The van der Waals surface area contributed by atoms with E-state index in [2.05, 4.69) is 10.3 Å². The molecule has 1 aromatic heterocycles. The van der Waals surface area contributed by atoms with Crippen molar-refractivity contribution in [2.75, 3.05) is 32.1 Å². The van der Waals surface area contributed by atoms with Gasteiger partial charge in [-0.15, -0.1) is 11.3 Å². The zero-order valence-electron chi connectivity index (χ0n) is 13.1. The summed E-state index contributed by atoms with van der Waals surface area (Å²) in [5, 5.41) is 3.31. The number of unbranched alkanes of at least 4 members (excludes halogenated alkanes) is 1. The van der Waals surface area contributed by atoms with Crippen LogP contribution in [0.4, 0.5) is 5.13 Å². The molecule has 0 spiro atoms. The van der Waals surface area contributed by atoms with Crippen molar-refractivity contribution in [3.8, 4) is 0 Å². The zero-order valence-corrected chi connectivity index (χ0v) is 13.9. The third-order valence-corrected chi connectivity index (χ3v) is 4.00. The van der Waals surface area contributed by atoms with Gasteiger partial charge in [-0.2, -0.15) is 0 Å². The number of carbonyl (C=O) groups is 2. The van der Waals surface area contributed by atoms with Gasteiger partial charge in [-0.25, -0.2) is 4.98 Å². The Morgan fingerprint density at radius 1 is 1.38 bits per heavy atom. The van der Waals surface area contributed by atoms with Gasteiger partial charge in [0.1, 0.15) is 6.61 Å². The van der Waals surface area contributed by atoms with Crippen LogP contribution >= 0.6 is 11.3 Å². The minimum atomic E-state index is -0.232. The highest BCUT2D eigenvalue weighted by Gasteiger charge is 2.17. The Bertz CT molecular complexity index is 468. The molecule has 0 radical (unpaired) electrons. The largest absolute Gasteiger partial charge is 0.375 e. The van der Waals surface area contributed by atoms with Crippen molar-refractivity contribution >= 4 is 28.3 Å². The number of ether oxygens (including phenoxy) is 1. The van der Waals surface area contributed by atoms with Crippen LogP contribution in [0.15, 0.2) is 0 Å². The van der Waals surface area contributed by atoms with E-state index in [1.165, 1.54) is 23.3 Å². The van der Waals surface area contributed by atoms with Gasteiger partial charge in [0.25, 0.3) is 0 Å². The molecule has 0 atom stereocenters. The van der Waals surface area contributed by atoms with E-state index in [1.807, 2.05) is 20.8 Å². The molecule has 0 unspecified atom stereocenters. The fourth-order valence-corrected chi connectivity index (χ4v) is 2.54. The van der Waals surface area contributed by atoms with E-state index < -0.39 is 0 Å². The Hall–Kier alpha value is -1.47. The molecule has 21 heavy (non-hydrogen) atoms. The molecule has 0 saturated heterocycles. The summed E-state index contributed by atoms with van der Waals surface area (Å²) >= 11 is 1.44. The summed E-state index contributed by atoms with van der Waals surface area (Å²) in [6, 6.07) is 0. The number of aromatic nitrogens is 1. The lowest BCUT2D eigenvalue weighted by Gasteiger charge is -2.21. The molecular weight excluding hydrogens is 290 g/mol. The topological polar surface area (TPSA) is 71.5 Å². The minimum absolute atomic E-state index is 0.00748. The van der Waals surface area contributed by atoms with Crippen LogP contribution in [-0.4, -0.2) is 48.5 Å². The summed E-state index contributed by atoms with van der Waals surface area (Å²) in [5.74, 6) is -0.406. The number of aryl methyl sites for hydroxylation is 2. The lowest BCUT2D eigenvalue weighted by molar-refractivity contribution is -0.138. The molecule has 1 rings (SSSR count). The fourth-order valence-electron chi connectivity index (χ4n) is 1.71. The van der Waals surface area contributed by atoms with Crippen molar-refractivity contribution in [1.82, 2.24) is 9.88 Å². The summed E-state index contributed by atoms with van der Waals surface area (Å²) < 4.78 is 4.85. The van der Waals surface area contributed by atoms with Crippen molar-refractivity contribution < 1.29 is 14.3 Å². The number of thiazole rings is 1. The fraction of sp³-hybridized carbons (Fsp3) is 0.643. The maximum atomic E-state index is 12.0. The molecule has 1 heterocycles. The molecule has 1 N–H and O–H groups in total. The predicted octanol–water partition coefficient (Wildman–Crippen LogP) is 1.97. The predicted molar refractivity (Wildman–Crippen MR) is 83.6 cm³/mol. The van der Waals surface area contributed by atoms with E-state index in [-0.39, 0.29) is 25.0 Å². The second kappa shape index (κ2) is 8.74. The first-order valence-electron chi connectivity index (χ1n) is 6.98. The van der Waals surface area contributed by atoms with Gasteiger partial charge in [-0.1, -0.05) is 13.3 Å². The second-order valence-corrected chi connectivity index (χ2v) is 6.01. The van der Waals surface area contributed by atoms with E-state index in [4.69, 9.17) is 4.74 Å². The van der Waals surface area contributed by atoms with E-state index in [0.717, 1.165) is 23.4 Å². The summed E-state index contributed by atoms with van der Waals surface area (Å²) in [4.78, 5) is 30.8. The van der Waals surface area contributed by atoms with Gasteiger partial charge in [0, 0.05) is 18.5 Å². The molecule has 0 aliphatic carbocycles. The summed E-state index contributed by atoms with van der Waals surface area (Å²) in [5.41, 5.74) is 0.911. The molecule has 2 amide bonds. The average molecular weight is 313 g/mol. The number of nitrogens with zero attached hydrogens (tertiary/aromatic N) is 2. The van der Waals surface area contributed by atoms with Crippen LogP contribution in [0.2, 0.25) is 0 Å². The van der Waals surface area contributed by atoms with Gasteiger partial charge in [0.15, 0.2) is 5.13 Å². The molecule has 0 saturated carbocycles. The molecule has 1 aromatic rings. The number of hydrogen-bond donors (Lipinski definition) is 1. The van der Waals surface area contributed by atoms with Crippen LogP contribution in [0.25, 0.3) is 0 Å². The van der Waals surface area contributed by atoms with Crippen LogP contribution in [0.1, 0.15) is 30.3 Å². The number of amides is 2. The lowest BCUT2D eigenvalue weighted by atomic mass is 10.3. The van der Waals surface area contributed by atoms with Crippen LogP contribution in [0, 0.1) is 13.8 Å². The van der Waals surface area contributed by atoms with Crippen LogP contribution < -0.4 is 5.32 Å². The Morgan fingerprint density at radius 3 is 2.62 bits per heavy atom. The monoisotopic (exact) mass is 313 g/mol. The van der Waals surface area contributed by atoms with E-state index in [9.17, 15) is 9.59 Å². The minimum Gasteiger partial charge on any atom is -0.375 e. The van der Waals surface area contributed by atoms with Crippen LogP contribution in [-0.2, 0) is 14.3 Å². The van der Waals surface area contributed by atoms with Gasteiger partial charge < -0.3 is 15.0 Å². The third-order valence-electron chi connectivity index (χ3n) is 3.01. The normalized spacial score (nSPS) is 10.5. The lowest BCUT2D eigenvalue weighted by Crippen LogP contribution is -2.40. The van der Waals surface area contributed by atoms with Crippen LogP contribution in [0.3, 0.4) is 0 Å². The quantitative estimate of drug-likeness (QED) is 0.796. The Kier molecular flexibility index (Phi) is 7.31. The smallest absolute Gasteiger partial charge is 0.249 e. The average Bonchev–Trinajstić information content (AvgIpc) is 2.73. The van der Waals surface area contributed by atoms with E-state index in [0.29, 0.717) is 11.7 Å². The van der Waals surface area contributed by atoms with Crippen molar-refractivity contribution in [2.24, 2.45) is 0 Å². The van der Waals surface area contributed by atoms with E-state index >= 15 is 0 Å². The maximum Gasteiger partial charge on any atom is 0.249 e. The van der Waals surface area contributed by atoms with Gasteiger partial charge in [-0.3, -0.25) is 9.59 Å². The van der Waals surface area contributed by atoms with Crippen molar-refractivity contribution in [2.45, 2.75) is 33.6 Å². The highest BCUT2D eigenvalue weighted by molar-refractivity contribution is 7.15. The summed E-state index contributed by atoms with van der Waals surface area (Å²) in [7, 11) is 1.47. The van der Waals surface area contributed by atoms with Gasteiger partial charge in [0.2, 0.25) is 11.8 Å². The Morgan fingerprint density at radius 2 is 2.10 bits per heavy atom. The Balaban J connectivity index is 2.60. The maximum absolute atomic E-state index is 12.0. The molecule has 0 fully saturated rings. The first-order valence-corrected chi connectivity index (χ1v) is 7.80. The van der Waals surface area contributed by atoms with Crippen LogP contribution in [0.5, 0.6) is 0 Å². The standard InChI is InChI=1S/C14H23N3O3S/c1-5-6-7-17(13(19)9-20-4)8-12(18)16-14-15-10(2)11(3)21-14/h5-9H2,1-4H3,(H,15,16,18). The molecule has 6 nitrogen and oxygen atoms in total. The number of anilines is 1. The first-order chi connectivity index (χ1) is 9.97. The van der Waals surface area contributed by atoms with Crippen molar-refractivity contribution in [3.63, 3.8) is 0 Å². The van der Waals surface area contributed by atoms with Gasteiger partial charge >= 0.3 is 0 Å². The van der Waals surface area contributed by atoms with Gasteiger partial charge in [0.05, 0.1) is 12.2 Å². The molecule has 0 aliphatic rings. The number of nitrogens with one attached hydrogen (secondary N) is 1. The molecule has 0 aromatic carbocycles. The highest BCUT2D eigenvalue weighted by atomic mass is 32.1. The number of hydrogen-bond acceptors (Lipinski definition) is 5. The molecule has 0 bridgehead atoms. The van der Waals surface area contributed by atoms with Crippen molar-refractivity contribution in [3.05, 3.63) is 10.6 Å². The summed E-state index contributed by atoms with van der Waals surface area (Å²) in [6.07, 6.45) is 1.82. The Labute approximate surface area is 129 Å². The van der Waals surface area contributed by atoms with E-state index in [1.54, 1.807) is 0 Å².